The fourth-order valence-electron chi connectivity index (χ4n) is 2.48. The summed E-state index contributed by atoms with van der Waals surface area (Å²) in [6.45, 7) is 3.30. The quantitative estimate of drug-likeness (QED) is 0.771. The molecule has 0 saturated heterocycles. The summed E-state index contributed by atoms with van der Waals surface area (Å²) in [5.41, 5.74) is 1.36. The smallest absolute Gasteiger partial charge is 0.0408 e. The molecule has 0 bridgehead atoms. The van der Waals surface area contributed by atoms with Crippen molar-refractivity contribution in [3.8, 4) is 0 Å². The molecular formula is C15H22ClN. The van der Waals surface area contributed by atoms with Crippen LogP contribution >= 0.6 is 11.6 Å². The van der Waals surface area contributed by atoms with Gasteiger partial charge in [0.1, 0.15) is 0 Å². The Morgan fingerprint density at radius 3 is 2.88 bits per heavy atom. The Morgan fingerprint density at radius 1 is 1.41 bits per heavy atom. The van der Waals surface area contributed by atoms with E-state index in [-0.39, 0.29) is 0 Å². The van der Waals surface area contributed by atoms with Gasteiger partial charge in [-0.3, -0.25) is 0 Å². The molecule has 1 fully saturated rings. The first-order valence-corrected chi connectivity index (χ1v) is 7.15. The number of hydrogen-bond donors (Lipinski definition) is 1. The first-order valence-electron chi connectivity index (χ1n) is 6.77. The number of benzene rings is 1. The van der Waals surface area contributed by atoms with Crippen LogP contribution in [0.1, 0.15) is 38.2 Å². The molecule has 1 unspecified atom stereocenters. The molecule has 0 radical (unpaired) electrons. The van der Waals surface area contributed by atoms with Crippen molar-refractivity contribution >= 4 is 11.6 Å². The number of aryl methyl sites for hydroxylation is 1. The molecule has 0 spiro atoms. The van der Waals surface area contributed by atoms with Gasteiger partial charge < -0.3 is 5.32 Å². The van der Waals surface area contributed by atoms with E-state index in [9.17, 15) is 0 Å². The first kappa shape index (κ1) is 12.9. The van der Waals surface area contributed by atoms with Gasteiger partial charge in [0.2, 0.25) is 0 Å². The third-order valence-corrected chi connectivity index (χ3v) is 3.76. The van der Waals surface area contributed by atoms with E-state index in [1.54, 1.807) is 0 Å². The van der Waals surface area contributed by atoms with E-state index in [1.807, 2.05) is 12.1 Å². The predicted octanol–water partition coefficient (Wildman–Crippen LogP) is 4.05. The Labute approximate surface area is 110 Å². The van der Waals surface area contributed by atoms with Crippen molar-refractivity contribution < 1.29 is 0 Å². The Kier molecular flexibility index (Phi) is 4.87. The summed E-state index contributed by atoms with van der Waals surface area (Å²) in [5.74, 6) is 0.953. The minimum Gasteiger partial charge on any atom is -0.314 e. The third kappa shape index (κ3) is 4.33. The van der Waals surface area contributed by atoms with Crippen molar-refractivity contribution in [3.05, 3.63) is 34.9 Å². The van der Waals surface area contributed by atoms with E-state index in [0.29, 0.717) is 0 Å². The lowest BCUT2D eigenvalue weighted by molar-refractivity contribution is 0.434. The second kappa shape index (κ2) is 6.42. The maximum atomic E-state index is 5.98. The van der Waals surface area contributed by atoms with Crippen molar-refractivity contribution in [2.24, 2.45) is 5.92 Å². The van der Waals surface area contributed by atoms with Gasteiger partial charge in [0.05, 0.1) is 0 Å². The normalized spacial score (nSPS) is 17.1. The van der Waals surface area contributed by atoms with Crippen LogP contribution in [-0.4, -0.2) is 12.6 Å². The Bertz CT molecular complexity index is 347. The van der Waals surface area contributed by atoms with E-state index in [1.165, 1.54) is 31.2 Å². The van der Waals surface area contributed by atoms with E-state index in [4.69, 9.17) is 11.6 Å². The SMILES string of the molecule is CCNC(CCCc1cccc(Cl)c1)C1CC1. The highest BCUT2D eigenvalue weighted by atomic mass is 35.5. The molecule has 1 saturated carbocycles. The molecule has 0 amide bonds. The summed E-state index contributed by atoms with van der Waals surface area (Å²) >= 11 is 5.98. The maximum Gasteiger partial charge on any atom is 0.0408 e. The van der Waals surface area contributed by atoms with E-state index in [0.717, 1.165) is 29.9 Å². The molecule has 1 aliphatic rings. The molecule has 1 aromatic carbocycles. The van der Waals surface area contributed by atoms with Gasteiger partial charge in [-0.2, -0.15) is 0 Å². The van der Waals surface area contributed by atoms with Crippen LogP contribution in [0.15, 0.2) is 24.3 Å². The Hall–Kier alpha value is -0.530. The largest absolute Gasteiger partial charge is 0.314 e. The standard InChI is InChI=1S/C15H22ClN/c1-2-17-15(13-9-10-13)8-4-6-12-5-3-7-14(16)11-12/h3,5,7,11,13,15,17H,2,4,6,8-10H2,1H3. The fraction of sp³-hybridized carbons (Fsp3) is 0.600. The van der Waals surface area contributed by atoms with Gasteiger partial charge in [-0.15, -0.1) is 0 Å². The van der Waals surface area contributed by atoms with Gasteiger partial charge in [-0.1, -0.05) is 30.7 Å². The molecule has 94 valence electrons. The zero-order valence-corrected chi connectivity index (χ0v) is 11.3. The summed E-state index contributed by atoms with van der Waals surface area (Å²) in [7, 11) is 0. The lowest BCUT2D eigenvalue weighted by atomic mass is 10.0. The molecule has 2 rings (SSSR count). The molecule has 1 N–H and O–H groups in total. The molecule has 1 aliphatic carbocycles. The number of hydrogen-bond acceptors (Lipinski definition) is 1. The van der Waals surface area contributed by atoms with Crippen molar-refractivity contribution in [1.29, 1.82) is 0 Å². The van der Waals surface area contributed by atoms with Crippen LogP contribution in [0, 0.1) is 5.92 Å². The van der Waals surface area contributed by atoms with Gasteiger partial charge in [0.25, 0.3) is 0 Å². The van der Waals surface area contributed by atoms with Crippen molar-refractivity contribution in [2.45, 2.75) is 45.1 Å². The monoisotopic (exact) mass is 251 g/mol. The number of halogens is 1. The van der Waals surface area contributed by atoms with Crippen LogP contribution < -0.4 is 5.32 Å². The molecule has 0 aromatic heterocycles. The van der Waals surface area contributed by atoms with Crippen LogP contribution in [-0.2, 0) is 6.42 Å². The van der Waals surface area contributed by atoms with Gasteiger partial charge in [-0.05, 0) is 62.3 Å². The highest BCUT2D eigenvalue weighted by molar-refractivity contribution is 6.30. The van der Waals surface area contributed by atoms with Crippen LogP contribution in [0.5, 0.6) is 0 Å². The van der Waals surface area contributed by atoms with Gasteiger partial charge in [0.15, 0.2) is 0 Å². The molecule has 0 heterocycles. The lowest BCUT2D eigenvalue weighted by Crippen LogP contribution is -2.30. The second-order valence-electron chi connectivity index (χ2n) is 5.02. The Morgan fingerprint density at radius 2 is 2.24 bits per heavy atom. The van der Waals surface area contributed by atoms with Crippen molar-refractivity contribution in [3.63, 3.8) is 0 Å². The zero-order chi connectivity index (χ0) is 12.1. The summed E-state index contributed by atoms with van der Waals surface area (Å²) in [4.78, 5) is 0. The predicted molar refractivity (Wildman–Crippen MR) is 74.6 cm³/mol. The Balaban J connectivity index is 1.74. The maximum absolute atomic E-state index is 5.98. The third-order valence-electron chi connectivity index (χ3n) is 3.53. The zero-order valence-electron chi connectivity index (χ0n) is 10.6. The van der Waals surface area contributed by atoms with E-state index in [2.05, 4.69) is 24.4 Å². The lowest BCUT2D eigenvalue weighted by Gasteiger charge is -2.16. The fourth-order valence-corrected chi connectivity index (χ4v) is 2.70. The molecule has 1 atom stereocenters. The average molecular weight is 252 g/mol. The molecule has 2 heteroatoms. The van der Waals surface area contributed by atoms with Crippen LogP contribution in [0.3, 0.4) is 0 Å². The minimum absolute atomic E-state index is 0.749. The van der Waals surface area contributed by atoms with Gasteiger partial charge in [-0.25, -0.2) is 0 Å². The average Bonchev–Trinajstić information content (AvgIpc) is 3.12. The number of nitrogens with one attached hydrogen (secondary N) is 1. The van der Waals surface area contributed by atoms with Crippen LogP contribution in [0.25, 0.3) is 0 Å². The first-order chi connectivity index (χ1) is 8.29. The second-order valence-corrected chi connectivity index (χ2v) is 5.46. The molecular weight excluding hydrogens is 230 g/mol. The van der Waals surface area contributed by atoms with Crippen molar-refractivity contribution in [2.75, 3.05) is 6.54 Å². The van der Waals surface area contributed by atoms with E-state index >= 15 is 0 Å². The highest BCUT2D eigenvalue weighted by Crippen LogP contribution is 2.34. The van der Waals surface area contributed by atoms with Crippen LogP contribution in [0.4, 0.5) is 0 Å². The number of rotatable bonds is 7. The topological polar surface area (TPSA) is 12.0 Å². The molecule has 1 aromatic rings. The van der Waals surface area contributed by atoms with Gasteiger partial charge in [0, 0.05) is 11.1 Å². The van der Waals surface area contributed by atoms with E-state index < -0.39 is 0 Å². The summed E-state index contributed by atoms with van der Waals surface area (Å²) < 4.78 is 0. The van der Waals surface area contributed by atoms with Crippen LogP contribution in [0.2, 0.25) is 5.02 Å². The molecule has 1 nitrogen and oxygen atoms in total. The summed E-state index contributed by atoms with van der Waals surface area (Å²) in [6.07, 6.45) is 6.55. The summed E-state index contributed by atoms with van der Waals surface area (Å²) in [6, 6.07) is 8.99. The minimum atomic E-state index is 0.749. The molecule has 17 heavy (non-hydrogen) atoms. The van der Waals surface area contributed by atoms with Gasteiger partial charge >= 0.3 is 0 Å². The highest BCUT2D eigenvalue weighted by Gasteiger charge is 2.29. The molecule has 0 aliphatic heterocycles. The summed E-state index contributed by atoms with van der Waals surface area (Å²) in [5, 5.41) is 4.47. The van der Waals surface area contributed by atoms with Crippen molar-refractivity contribution in [1.82, 2.24) is 5.32 Å².